The zero-order valence-corrected chi connectivity index (χ0v) is 21.3. The van der Waals surface area contributed by atoms with E-state index in [-0.39, 0.29) is 24.0 Å². The van der Waals surface area contributed by atoms with E-state index < -0.39 is 17.8 Å². The van der Waals surface area contributed by atoms with Gasteiger partial charge >= 0.3 is 6.18 Å². The first kappa shape index (κ1) is 27.2. The number of alkyl halides is 3. The fourth-order valence-corrected chi connectivity index (χ4v) is 4.68. The van der Waals surface area contributed by atoms with Gasteiger partial charge in [0.25, 0.3) is 11.8 Å². The van der Waals surface area contributed by atoms with Gasteiger partial charge in [-0.15, -0.1) is 0 Å². The van der Waals surface area contributed by atoms with Crippen LogP contribution in [0, 0.1) is 0 Å². The molecule has 1 aliphatic heterocycles. The van der Waals surface area contributed by atoms with Crippen LogP contribution in [0.1, 0.15) is 51.6 Å². The molecule has 1 heterocycles. The lowest BCUT2D eigenvalue weighted by Crippen LogP contribution is -2.46. The molecule has 38 heavy (non-hydrogen) atoms. The summed E-state index contributed by atoms with van der Waals surface area (Å²) >= 11 is 0. The molecule has 0 radical (unpaired) electrons. The normalized spacial score (nSPS) is 17.2. The van der Waals surface area contributed by atoms with Crippen LogP contribution in [-0.2, 0) is 12.6 Å². The molecule has 5 nitrogen and oxygen atoms in total. The van der Waals surface area contributed by atoms with Gasteiger partial charge in [0.15, 0.2) is 0 Å². The molecule has 3 aromatic rings. The maximum atomic E-state index is 13.7. The number of nitrogens with zero attached hydrogens (tertiary/aromatic N) is 2. The molecule has 0 aliphatic carbocycles. The third-order valence-electron chi connectivity index (χ3n) is 6.77. The fraction of sp³-hybridized carbons (Fsp3) is 0.333. The van der Waals surface area contributed by atoms with Crippen LogP contribution < -0.4 is 4.74 Å². The number of carbonyl (C=O) groups excluding carboxylic acids is 2. The van der Waals surface area contributed by atoms with Crippen molar-refractivity contribution in [2.24, 2.45) is 0 Å². The first-order chi connectivity index (χ1) is 18.3. The van der Waals surface area contributed by atoms with E-state index in [1.165, 1.54) is 12.1 Å². The third kappa shape index (κ3) is 6.54. The third-order valence-corrected chi connectivity index (χ3v) is 6.77. The van der Waals surface area contributed by atoms with Gasteiger partial charge in [-0.05, 0) is 68.1 Å². The Morgan fingerprint density at radius 1 is 0.921 bits per heavy atom. The summed E-state index contributed by atoms with van der Waals surface area (Å²) in [6, 6.07) is 20.7. The predicted octanol–water partition coefficient (Wildman–Crippen LogP) is 6.09. The Bertz CT molecular complexity index is 1230. The molecule has 0 N–H and O–H groups in total. The molecule has 0 bridgehead atoms. The zero-order chi connectivity index (χ0) is 27.1. The Morgan fingerprint density at radius 2 is 1.58 bits per heavy atom. The monoisotopic (exact) mass is 524 g/mol. The van der Waals surface area contributed by atoms with Crippen molar-refractivity contribution < 1.29 is 27.5 Å². The van der Waals surface area contributed by atoms with Gasteiger partial charge < -0.3 is 14.5 Å². The van der Waals surface area contributed by atoms with E-state index in [4.69, 9.17) is 4.74 Å². The summed E-state index contributed by atoms with van der Waals surface area (Å²) in [5.41, 5.74) is 0.857. The van der Waals surface area contributed by atoms with Crippen LogP contribution in [0.5, 0.6) is 5.75 Å². The van der Waals surface area contributed by atoms with Crippen LogP contribution in [0.3, 0.4) is 0 Å². The number of benzene rings is 3. The lowest BCUT2D eigenvalue weighted by molar-refractivity contribution is -0.137. The molecule has 0 saturated carbocycles. The van der Waals surface area contributed by atoms with Crippen molar-refractivity contribution in [3.05, 3.63) is 101 Å². The highest BCUT2D eigenvalue weighted by Crippen LogP contribution is 2.30. The molecular formula is C30H31F3N2O3. The predicted molar refractivity (Wildman–Crippen MR) is 139 cm³/mol. The molecule has 1 atom stereocenters. The van der Waals surface area contributed by atoms with E-state index in [9.17, 15) is 22.8 Å². The summed E-state index contributed by atoms with van der Waals surface area (Å²) in [6.07, 6.45) is -2.68. The number of halogens is 3. The lowest BCUT2D eigenvalue weighted by atomic mass is 10.0. The van der Waals surface area contributed by atoms with Gasteiger partial charge in [-0.2, -0.15) is 13.2 Å². The second-order valence-electron chi connectivity index (χ2n) is 9.32. The molecule has 1 aliphatic rings. The minimum absolute atomic E-state index is 0.0963. The first-order valence-corrected chi connectivity index (χ1v) is 12.8. The van der Waals surface area contributed by atoms with Crippen molar-refractivity contribution in [3.8, 4) is 5.75 Å². The number of fused-ring (bicyclic) bond motifs is 1. The largest absolute Gasteiger partial charge is 0.491 e. The summed E-state index contributed by atoms with van der Waals surface area (Å²) in [7, 11) is 0. The molecule has 0 aromatic heterocycles. The van der Waals surface area contributed by atoms with Crippen LogP contribution in [0.2, 0.25) is 0 Å². The highest BCUT2D eigenvalue weighted by molar-refractivity contribution is 5.97. The average Bonchev–Trinajstić information content (AvgIpc) is 2.92. The molecule has 0 unspecified atom stereocenters. The fourth-order valence-electron chi connectivity index (χ4n) is 4.68. The van der Waals surface area contributed by atoms with E-state index in [0.717, 1.165) is 17.7 Å². The molecule has 0 spiro atoms. The maximum absolute atomic E-state index is 13.7. The van der Waals surface area contributed by atoms with Crippen LogP contribution >= 0.6 is 0 Å². The van der Waals surface area contributed by atoms with E-state index >= 15 is 0 Å². The molecule has 4 rings (SSSR count). The van der Waals surface area contributed by atoms with Crippen LogP contribution in [0.4, 0.5) is 13.2 Å². The highest BCUT2D eigenvalue weighted by atomic mass is 19.4. The van der Waals surface area contributed by atoms with Crippen molar-refractivity contribution in [1.82, 2.24) is 9.80 Å². The van der Waals surface area contributed by atoms with Gasteiger partial charge in [0.05, 0.1) is 17.2 Å². The summed E-state index contributed by atoms with van der Waals surface area (Å²) in [6.45, 7) is 3.49. The van der Waals surface area contributed by atoms with Crippen LogP contribution in [0.25, 0.3) is 0 Å². The number of amides is 2. The summed E-state index contributed by atoms with van der Waals surface area (Å²) < 4.78 is 45.5. The SMILES string of the molecule is CCN1CCCCN(C(=O)c2ccc(C(F)(F)F)cc2)[C@H](Cc2ccccc2)COc2ccccc2C1=O. The Labute approximate surface area is 220 Å². The smallest absolute Gasteiger partial charge is 0.416 e. The Kier molecular flexibility index (Phi) is 8.71. The highest BCUT2D eigenvalue weighted by Gasteiger charge is 2.32. The zero-order valence-electron chi connectivity index (χ0n) is 21.3. The van der Waals surface area contributed by atoms with Crippen LogP contribution in [0.15, 0.2) is 78.9 Å². The van der Waals surface area contributed by atoms with Crippen molar-refractivity contribution in [2.45, 2.75) is 38.4 Å². The van der Waals surface area contributed by atoms with Crippen molar-refractivity contribution in [1.29, 1.82) is 0 Å². The average molecular weight is 525 g/mol. The van der Waals surface area contributed by atoms with Crippen molar-refractivity contribution in [3.63, 3.8) is 0 Å². The van der Waals surface area contributed by atoms with Crippen molar-refractivity contribution in [2.75, 3.05) is 26.2 Å². The van der Waals surface area contributed by atoms with Crippen molar-refractivity contribution >= 4 is 11.8 Å². The van der Waals surface area contributed by atoms with Gasteiger partial charge in [0.1, 0.15) is 12.4 Å². The number of hydrogen-bond donors (Lipinski definition) is 0. The second kappa shape index (κ2) is 12.2. The second-order valence-corrected chi connectivity index (χ2v) is 9.32. The summed E-state index contributed by atoms with van der Waals surface area (Å²) in [5, 5.41) is 0. The Balaban J connectivity index is 1.69. The molecule has 200 valence electrons. The quantitative estimate of drug-likeness (QED) is 0.415. The van der Waals surface area contributed by atoms with Gasteiger partial charge in [-0.1, -0.05) is 42.5 Å². The molecule has 8 heteroatoms. The van der Waals surface area contributed by atoms with E-state index in [1.54, 1.807) is 34.1 Å². The van der Waals surface area contributed by atoms with E-state index in [2.05, 4.69) is 0 Å². The molecular weight excluding hydrogens is 493 g/mol. The number of ether oxygens (including phenoxy) is 1. The molecule has 2 amide bonds. The minimum Gasteiger partial charge on any atom is -0.491 e. The first-order valence-electron chi connectivity index (χ1n) is 12.8. The lowest BCUT2D eigenvalue weighted by Gasteiger charge is -2.33. The number of para-hydroxylation sites is 1. The minimum atomic E-state index is -4.48. The number of rotatable bonds is 4. The molecule has 3 aromatic carbocycles. The van der Waals surface area contributed by atoms with E-state index in [0.29, 0.717) is 50.2 Å². The van der Waals surface area contributed by atoms with Gasteiger partial charge in [0, 0.05) is 25.2 Å². The molecule has 0 saturated heterocycles. The number of hydrogen-bond acceptors (Lipinski definition) is 3. The van der Waals surface area contributed by atoms with Gasteiger partial charge in [-0.25, -0.2) is 0 Å². The molecule has 0 fully saturated rings. The van der Waals surface area contributed by atoms with Gasteiger partial charge in [-0.3, -0.25) is 9.59 Å². The maximum Gasteiger partial charge on any atom is 0.416 e. The summed E-state index contributed by atoms with van der Waals surface area (Å²) in [4.78, 5) is 30.4. The topological polar surface area (TPSA) is 49.9 Å². The Hall–Kier alpha value is -3.81. The summed E-state index contributed by atoms with van der Waals surface area (Å²) in [5.74, 6) is -0.00508. The van der Waals surface area contributed by atoms with Crippen LogP contribution in [-0.4, -0.2) is 53.9 Å². The Morgan fingerprint density at radius 3 is 2.26 bits per heavy atom. The van der Waals surface area contributed by atoms with Gasteiger partial charge in [0.2, 0.25) is 0 Å². The standard InChI is InChI=1S/C30H31F3N2O3/c1-2-34-18-8-9-19-35(28(36)23-14-16-24(17-15-23)30(31,32)33)25(20-22-10-4-3-5-11-22)21-38-27-13-7-6-12-26(27)29(34)37/h3-7,10-17,25H,2,8-9,18-21H2,1H3/t25-/m1/s1. The number of carbonyl (C=O) groups is 2. The van der Waals surface area contributed by atoms with E-state index in [1.807, 2.05) is 37.3 Å².